The van der Waals surface area contributed by atoms with Gasteiger partial charge < -0.3 is 9.16 Å². The molecule has 1 aliphatic rings. The molecule has 0 spiro atoms. The summed E-state index contributed by atoms with van der Waals surface area (Å²) in [5.41, 5.74) is 2.93. The van der Waals surface area contributed by atoms with Gasteiger partial charge in [-0.25, -0.2) is 12.8 Å². The number of hydrogen-bond acceptors (Lipinski definition) is 4. The van der Waals surface area contributed by atoms with Crippen LogP contribution in [-0.4, -0.2) is 36.0 Å². The predicted molar refractivity (Wildman–Crippen MR) is 169 cm³/mol. The molecular weight excluding hydrogens is 577 g/mol. The third-order valence-corrected chi connectivity index (χ3v) is 14.6. The number of sulfonamides is 1. The molecule has 0 saturated heterocycles. The molecule has 5 nitrogen and oxygen atoms in total. The molecule has 0 aliphatic carbocycles. The van der Waals surface area contributed by atoms with Gasteiger partial charge >= 0.3 is 0 Å². The number of allylic oxidation sites excluding steroid dienone is 1. The summed E-state index contributed by atoms with van der Waals surface area (Å²) in [5.74, 6) is 0.0579. The van der Waals surface area contributed by atoms with E-state index in [1.54, 1.807) is 55.5 Å². The van der Waals surface area contributed by atoms with Gasteiger partial charge in [0.1, 0.15) is 17.7 Å². The van der Waals surface area contributed by atoms with Crippen molar-refractivity contribution in [1.29, 1.82) is 0 Å². The van der Waals surface area contributed by atoms with E-state index >= 15 is 0 Å². The highest BCUT2D eigenvalue weighted by Crippen LogP contribution is 2.40. The Morgan fingerprint density at radius 1 is 1.15 bits per heavy atom. The van der Waals surface area contributed by atoms with Crippen LogP contribution >= 0.6 is 11.6 Å². The van der Waals surface area contributed by atoms with Crippen LogP contribution in [0.15, 0.2) is 65.6 Å². The fourth-order valence-corrected chi connectivity index (χ4v) is 7.54. The minimum Gasteiger partial charge on any atom is -0.486 e. The van der Waals surface area contributed by atoms with Crippen molar-refractivity contribution in [2.75, 3.05) is 17.5 Å². The van der Waals surface area contributed by atoms with E-state index in [-0.39, 0.29) is 22.6 Å². The number of nitrogens with zero attached hydrogens (tertiary/aromatic N) is 1. The zero-order chi connectivity index (χ0) is 30.2. The van der Waals surface area contributed by atoms with Gasteiger partial charge in [0.15, 0.2) is 8.32 Å². The molecular formula is C32H39ClFNO4SSi. The lowest BCUT2D eigenvalue weighted by molar-refractivity contribution is 0.155. The second kappa shape index (κ2) is 11.9. The third-order valence-electron chi connectivity index (χ3n) is 7.94. The van der Waals surface area contributed by atoms with Crippen LogP contribution in [0.1, 0.15) is 50.8 Å². The Labute approximate surface area is 250 Å². The Balaban J connectivity index is 1.70. The van der Waals surface area contributed by atoms with Crippen molar-refractivity contribution in [3.05, 3.63) is 88.2 Å². The molecule has 0 aromatic heterocycles. The van der Waals surface area contributed by atoms with Crippen LogP contribution in [0.5, 0.6) is 5.75 Å². The second-order valence-corrected chi connectivity index (χ2v) is 19.2. The lowest BCUT2D eigenvalue weighted by Gasteiger charge is -2.38. The molecule has 0 bridgehead atoms. The SMILES string of the molecule is C/C(=C\c1ccc2c(c1)N(S(=O)(=O)c1cccc(C)c1)C[C@H](CCO[Si](C)(C)C(C)(C)C)O2)c1c(F)cccc1Cl. The molecule has 1 atom stereocenters. The number of anilines is 1. The van der Waals surface area contributed by atoms with Crippen LogP contribution in [0.2, 0.25) is 23.2 Å². The minimum absolute atomic E-state index is 0.0719. The summed E-state index contributed by atoms with van der Waals surface area (Å²) in [5, 5.41) is 0.383. The highest BCUT2D eigenvalue weighted by molar-refractivity contribution is 7.92. The third kappa shape index (κ3) is 6.88. The molecule has 0 N–H and O–H groups in total. The number of ether oxygens (including phenoxy) is 1. The van der Waals surface area contributed by atoms with Gasteiger partial charge in [-0.2, -0.15) is 0 Å². The maximum Gasteiger partial charge on any atom is 0.264 e. The van der Waals surface area contributed by atoms with Gasteiger partial charge in [-0.3, -0.25) is 4.31 Å². The summed E-state index contributed by atoms with van der Waals surface area (Å²) in [7, 11) is -5.86. The van der Waals surface area contributed by atoms with E-state index in [0.29, 0.717) is 46.2 Å². The predicted octanol–water partition coefficient (Wildman–Crippen LogP) is 8.72. The van der Waals surface area contributed by atoms with E-state index in [1.165, 1.54) is 10.4 Å². The van der Waals surface area contributed by atoms with Gasteiger partial charge in [-0.05, 0) is 85.1 Å². The molecule has 0 unspecified atom stereocenters. The lowest BCUT2D eigenvalue weighted by Crippen LogP contribution is -2.45. The van der Waals surface area contributed by atoms with Gasteiger partial charge in [0, 0.05) is 18.6 Å². The van der Waals surface area contributed by atoms with Gasteiger partial charge in [-0.1, -0.05) is 62.7 Å². The first-order chi connectivity index (χ1) is 19.1. The molecule has 41 heavy (non-hydrogen) atoms. The van der Waals surface area contributed by atoms with Crippen molar-refractivity contribution in [1.82, 2.24) is 0 Å². The van der Waals surface area contributed by atoms with E-state index in [1.807, 2.05) is 19.1 Å². The van der Waals surface area contributed by atoms with Gasteiger partial charge in [0.25, 0.3) is 10.0 Å². The first kappa shape index (κ1) is 31.3. The van der Waals surface area contributed by atoms with E-state index in [0.717, 1.165) is 5.56 Å². The number of benzene rings is 3. The second-order valence-electron chi connectivity index (χ2n) is 12.1. The van der Waals surface area contributed by atoms with E-state index < -0.39 is 24.2 Å². The molecule has 0 fully saturated rings. The monoisotopic (exact) mass is 615 g/mol. The fourth-order valence-electron chi connectivity index (χ4n) is 4.56. The normalized spacial score (nSPS) is 16.4. The van der Waals surface area contributed by atoms with Crippen molar-refractivity contribution >= 4 is 47.3 Å². The summed E-state index contributed by atoms with van der Waals surface area (Å²) >= 11 is 6.28. The van der Waals surface area contributed by atoms with Crippen molar-refractivity contribution in [2.45, 2.75) is 70.2 Å². The van der Waals surface area contributed by atoms with Crippen molar-refractivity contribution in [2.24, 2.45) is 0 Å². The smallest absolute Gasteiger partial charge is 0.264 e. The minimum atomic E-state index is -3.90. The van der Waals surface area contributed by atoms with E-state index in [2.05, 4.69) is 33.9 Å². The Hall–Kier alpha value is -2.65. The summed E-state index contributed by atoms with van der Waals surface area (Å²) in [6.07, 6.45) is 1.96. The molecule has 9 heteroatoms. The zero-order valence-corrected chi connectivity index (χ0v) is 27.4. The maximum absolute atomic E-state index is 14.6. The quantitative estimate of drug-likeness (QED) is 0.188. The van der Waals surface area contributed by atoms with Crippen LogP contribution in [0.25, 0.3) is 11.6 Å². The highest BCUT2D eigenvalue weighted by atomic mass is 35.5. The molecule has 220 valence electrons. The molecule has 0 amide bonds. The van der Waals surface area contributed by atoms with Crippen LogP contribution < -0.4 is 9.04 Å². The Bertz CT molecular complexity index is 1550. The first-order valence-electron chi connectivity index (χ1n) is 13.8. The zero-order valence-electron chi connectivity index (χ0n) is 24.8. The molecule has 3 aromatic rings. The summed E-state index contributed by atoms with van der Waals surface area (Å²) in [6, 6.07) is 16.8. The van der Waals surface area contributed by atoms with E-state index in [4.69, 9.17) is 20.8 Å². The first-order valence-corrected chi connectivity index (χ1v) is 18.5. The average molecular weight is 616 g/mol. The van der Waals surface area contributed by atoms with Crippen molar-refractivity contribution in [3.8, 4) is 5.75 Å². The average Bonchev–Trinajstić information content (AvgIpc) is 2.87. The van der Waals surface area contributed by atoms with Gasteiger partial charge in [-0.15, -0.1) is 0 Å². The standard InChI is InChI=1S/C32H39ClFNO4SSi/c1-22-10-8-11-26(18-22)40(36,37)35-21-25(16-17-38-41(6,7)32(3,4)5)39-30-15-14-24(20-29(30)35)19-23(2)31-27(33)12-9-13-28(31)34/h8-15,18-20,25H,16-17,21H2,1-7H3/b23-19+/t25-/m0/s1. The van der Waals surface area contributed by atoms with Crippen LogP contribution in [-0.2, 0) is 14.4 Å². The largest absolute Gasteiger partial charge is 0.486 e. The Kier molecular flexibility index (Phi) is 9.09. The van der Waals surface area contributed by atoms with Crippen LogP contribution in [0.4, 0.5) is 10.1 Å². The summed E-state index contributed by atoms with van der Waals surface area (Å²) in [6.45, 7) is 15.2. The lowest BCUT2D eigenvalue weighted by atomic mass is 10.0. The number of fused-ring (bicyclic) bond motifs is 1. The van der Waals surface area contributed by atoms with Crippen molar-refractivity contribution in [3.63, 3.8) is 0 Å². The number of rotatable bonds is 8. The van der Waals surface area contributed by atoms with Gasteiger partial charge in [0.05, 0.1) is 22.2 Å². The van der Waals surface area contributed by atoms with Crippen LogP contribution in [0, 0.1) is 12.7 Å². The van der Waals surface area contributed by atoms with Crippen molar-refractivity contribution < 1.29 is 22.0 Å². The van der Waals surface area contributed by atoms with Gasteiger partial charge in [0.2, 0.25) is 0 Å². The fraction of sp³-hybridized carbons (Fsp3) is 0.375. The maximum atomic E-state index is 14.6. The molecule has 4 rings (SSSR count). The summed E-state index contributed by atoms with van der Waals surface area (Å²) in [4.78, 5) is 0.219. The molecule has 3 aromatic carbocycles. The number of halogens is 2. The summed E-state index contributed by atoms with van der Waals surface area (Å²) < 4.78 is 56.7. The Morgan fingerprint density at radius 3 is 2.51 bits per heavy atom. The molecule has 0 radical (unpaired) electrons. The molecule has 1 aliphatic heterocycles. The molecule has 1 heterocycles. The highest BCUT2D eigenvalue weighted by Gasteiger charge is 2.38. The number of aryl methyl sites for hydroxylation is 1. The van der Waals surface area contributed by atoms with E-state index in [9.17, 15) is 12.8 Å². The number of hydrogen-bond donors (Lipinski definition) is 0. The Morgan fingerprint density at radius 2 is 1.85 bits per heavy atom. The van der Waals surface area contributed by atoms with Crippen LogP contribution in [0.3, 0.4) is 0 Å². The topological polar surface area (TPSA) is 55.8 Å². The molecule has 0 saturated carbocycles.